The van der Waals surface area contributed by atoms with Gasteiger partial charge in [0.25, 0.3) is 0 Å². The van der Waals surface area contributed by atoms with Crippen LogP contribution in [0.1, 0.15) is 33.6 Å². The number of aliphatic carboxylic acids is 1. The van der Waals surface area contributed by atoms with Crippen LogP contribution in [0.2, 0.25) is 0 Å². The van der Waals surface area contributed by atoms with E-state index in [-0.39, 0.29) is 24.0 Å². The zero-order valence-electron chi connectivity index (χ0n) is 11.1. The van der Waals surface area contributed by atoms with Crippen LogP contribution in [0.15, 0.2) is 0 Å². The lowest BCUT2D eigenvalue weighted by Crippen LogP contribution is -2.63. The van der Waals surface area contributed by atoms with Gasteiger partial charge in [-0.2, -0.15) is 0 Å². The maximum Gasteiger partial charge on any atom is 0.305 e. The molecule has 0 heterocycles. The minimum atomic E-state index is -1.07. The Morgan fingerprint density at radius 1 is 1.56 bits per heavy atom. The molecule has 6 heteroatoms. The summed E-state index contributed by atoms with van der Waals surface area (Å²) in [5, 5.41) is 11.4. The van der Waals surface area contributed by atoms with Gasteiger partial charge in [0, 0.05) is 18.1 Å². The molecule has 0 radical (unpaired) electrons. The summed E-state index contributed by atoms with van der Waals surface area (Å²) in [7, 11) is 0. The van der Waals surface area contributed by atoms with E-state index >= 15 is 0 Å². The number of carboxylic acids is 1. The number of nitrogens with two attached hydrogens (primary N) is 1. The first-order valence-electron chi connectivity index (χ1n) is 6.18. The van der Waals surface area contributed by atoms with Crippen LogP contribution in [0.25, 0.3) is 0 Å². The molecule has 1 rings (SSSR count). The SMILES string of the molecule is CCOC1CC(NC(=O)C(N)CC(=O)O)C1(C)C. The summed E-state index contributed by atoms with van der Waals surface area (Å²) in [6.07, 6.45) is 0.517. The lowest BCUT2D eigenvalue weighted by atomic mass is 9.64. The summed E-state index contributed by atoms with van der Waals surface area (Å²) in [5.41, 5.74) is 5.36. The van der Waals surface area contributed by atoms with Gasteiger partial charge < -0.3 is 20.9 Å². The van der Waals surface area contributed by atoms with Crippen molar-refractivity contribution in [3.05, 3.63) is 0 Å². The van der Waals surface area contributed by atoms with Crippen molar-refractivity contribution in [1.82, 2.24) is 5.32 Å². The number of hydrogen-bond donors (Lipinski definition) is 3. The first-order valence-corrected chi connectivity index (χ1v) is 6.18. The second-order valence-electron chi connectivity index (χ2n) is 5.27. The first kappa shape index (κ1) is 14.9. The molecule has 104 valence electrons. The van der Waals surface area contributed by atoms with Crippen LogP contribution in [0.5, 0.6) is 0 Å². The van der Waals surface area contributed by atoms with E-state index in [0.717, 1.165) is 6.42 Å². The number of carbonyl (C=O) groups is 2. The number of ether oxygens (including phenoxy) is 1. The summed E-state index contributed by atoms with van der Waals surface area (Å²) in [6.45, 7) is 6.62. The minimum Gasteiger partial charge on any atom is -0.481 e. The number of carbonyl (C=O) groups excluding carboxylic acids is 1. The maximum absolute atomic E-state index is 11.7. The third-order valence-corrected chi connectivity index (χ3v) is 3.59. The molecule has 1 saturated carbocycles. The monoisotopic (exact) mass is 258 g/mol. The largest absolute Gasteiger partial charge is 0.481 e. The summed E-state index contributed by atoms with van der Waals surface area (Å²) in [4.78, 5) is 22.2. The number of amides is 1. The van der Waals surface area contributed by atoms with Crippen LogP contribution in [-0.2, 0) is 14.3 Å². The lowest BCUT2D eigenvalue weighted by molar-refractivity contribution is -0.143. The molecule has 0 aliphatic heterocycles. The van der Waals surface area contributed by atoms with Gasteiger partial charge in [-0.05, 0) is 13.3 Å². The first-order chi connectivity index (χ1) is 8.28. The van der Waals surface area contributed by atoms with Crippen molar-refractivity contribution in [2.24, 2.45) is 11.1 Å². The predicted molar refractivity (Wildman–Crippen MR) is 66.0 cm³/mol. The molecule has 0 aromatic carbocycles. The van der Waals surface area contributed by atoms with Gasteiger partial charge in [0.05, 0.1) is 18.6 Å². The Kier molecular flexibility index (Phi) is 4.70. The normalized spacial score (nSPS) is 27.1. The predicted octanol–water partition coefficient (Wildman–Crippen LogP) is 0.108. The summed E-state index contributed by atoms with van der Waals surface area (Å²) in [6, 6.07) is -1.01. The van der Waals surface area contributed by atoms with Crippen molar-refractivity contribution in [2.75, 3.05) is 6.61 Å². The molecule has 1 aliphatic rings. The molecular formula is C12H22N2O4. The van der Waals surface area contributed by atoms with E-state index in [2.05, 4.69) is 5.32 Å². The van der Waals surface area contributed by atoms with Crippen molar-refractivity contribution in [2.45, 2.75) is 51.8 Å². The third kappa shape index (κ3) is 3.20. The smallest absolute Gasteiger partial charge is 0.305 e. The minimum absolute atomic E-state index is 0.0126. The molecule has 0 aromatic rings. The highest BCUT2D eigenvalue weighted by Crippen LogP contribution is 2.42. The van der Waals surface area contributed by atoms with Crippen molar-refractivity contribution >= 4 is 11.9 Å². The molecule has 18 heavy (non-hydrogen) atoms. The number of nitrogens with one attached hydrogen (secondary N) is 1. The second-order valence-corrected chi connectivity index (χ2v) is 5.27. The zero-order chi connectivity index (χ0) is 13.9. The average Bonchev–Trinajstić information content (AvgIpc) is 2.26. The maximum atomic E-state index is 11.7. The van der Waals surface area contributed by atoms with E-state index < -0.39 is 17.9 Å². The van der Waals surface area contributed by atoms with Gasteiger partial charge in [0.1, 0.15) is 0 Å². The highest BCUT2D eigenvalue weighted by atomic mass is 16.5. The topological polar surface area (TPSA) is 102 Å². The van der Waals surface area contributed by atoms with Crippen molar-refractivity contribution < 1.29 is 19.4 Å². The summed E-state index contributed by atoms with van der Waals surface area (Å²) in [5.74, 6) is -1.48. The molecule has 0 aromatic heterocycles. The van der Waals surface area contributed by atoms with Crippen molar-refractivity contribution in [3.8, 4) is 0 Å². The van der Waals surface area contributed by atoms with Crippen LogP contribution in [0.3, 0.4) is 0 Å². The molecule has 1 amide bonds. The van der Waals surface area contributed by atoms with E-state index in [4.69, 9.17) is 15.6 Å². The van der Waals surface area contributed by atoms with E-state index in [9.17, 15) is 9.59 Å². The van der Waals surface area contributed by atoms with Gasteiger partial charge in [-0.1, -0.05) is 13.8 Å². The van der Waals surface area contributed by atoms with Crippen LogP contribution < -0.4 is 11.1 Å². The highest BCUT2D eigenvalue weighted by molar-refractivity contribution is 5.86. The molecule has 3 atom stereocenters. The molecule has 1 fully saturated rings. The third-order valence-electron chi connectivity index (χ3n) is 3.59. The summed E-state index contributed by atoms with van der Waals surface area (Å²) >= 11 is 0. The molecule has 0 saturated heterocycles. The Balaban J connectivity index is 2.45. The Morgan fingerprint density at radius 2 is 2.17 bits per heavy atom. The molecule has 1 aliphatic carbocycles. The fourth-order valence-corrected chi connectivity index (χ4v) is 2.17. The standard InChI is InChI=1S/C12H22N2O4/c1-4-18-9-6-8(12(9,2)3)14-11(17)7(13)5-10(15)16/h7-9H,4-6,13H2,1-3H3,(H,14,17)(H,15,16). The summed E-state index contributed by atoms with van der Waals surface area (Å²) < 4.78 is 5.55. The van der Waals surface area contributed by atoms with Crippen LogP contribution >= 0.6 is 0 Å². The van der Waals surface area contributed by atoms with Crippen molar-refractivity contribution in [3.63, 3.8) is 0 Å². The van der Waals surface area contributed by atoms with Gasteiger partial charge in [0.15, 0.2) is 0 Å². The van der Waals surface area contributed by atoms with Gasteiger partial charge in [-0.15, -0.1) is 0 Å². The number of carboxylic acid groups (broad SMARTS) is 1. The molecule has 0 bridgehead atoms. The Hall–Kier alpha value is -1.14. The van der Waals surface area contributed by atoms with Gasteiger partial charge in [0.2, 0.25) is 5.91 Å². The lowest BCUT2D eigenvalue weighted by Gasteiger charge is -2.51. The van der Waals surface area contributed by atoms with Crippen LogP contribution in [-0.4, -0.2) is 41.8 Å². The Bertz CT molecular complexity index is 330. The number of rotatable bonds is 6. The second kappa shape index (κ2) is 5.67. The van der Waals surface area contributed by atoms with Gasteiger partial charge in [-0.3, -0.25) is 9.59 Å². The average molecular weight is 258 g/mol. The van der Waals surface area contributed by atoms with E-state index in [1.165, 1.54) is 0 Å². The molecular weight excluding hydrogens is 236 g/mol. The van der Waals surface area contributed by atoms with Gasteiger partial charge in [-0.25, -0.2) is 0 Å². The number of hydrogen-bond acceptors (Lipinski definition) is 4. The fraction of sp³-hybridized carbons (Fsp3) is 0.833. The van der Waals surface area contributed by atoms with Crippen LogP contribution in [0, 0.1) is 5.41 Å². The molecule has 4 N–H and O–H groups in total. The Labute approximate surface area is 107 Å². The van der Waals surface area contributed by atoms with E-state index in [1.54, 1.807) is 0 Å². The zero-order valence-corrected chi connectivity index (χ0v) is 11.1. The molecule has 6 nitrogen and oxygen atoms in total. The molecule has 3 unspecified atom stereocenters. The highest BCUT2D eigenvalue weighted by Gasteiger charge is 2.49. The van der Waals surface area contributed by atoms with Gasteiger partial charge >= 0.3 is 5.97 Å². The quantitative estimate of drug-likeness (QED) is 0.627. The van der Waals surface area contributed by atoms with E-state index in [1.807, 2.05) is 20.8 Å². The van der Waals surface area contributed by atoms with Crippen LogP contribution in [0.4, 0.5) is 0 Å². The Morgan fingerprint density at radius 3 is 2.61 bits per heavy atom. The molecule has 0 spiro atoms. The fourth-order valence-electron chi connectivity index (χ4n) is 2.17. The van der Waals surface area contributed by atoms with E-state index in [0.29, 0.717) is 6.61 Å². The van der Waals surface area contributed by atoms with Crippen molar-refractivity contribution in [1.29, 1.82) is 0 Å².